The molecule has 0 fully saturated rings. The van der Waals surface area contributed by atoms with Crippen molar-refractivity contribution >= 4 is 11.6 Å². The minimum Gasteiger partial charge on any atom is -0.494 e. The summed E-state index contributed by atoms with van der Waals surface area (Å²) in [4.78, 5) is 2.07. The van der Waals surface area contributed by atoms with Crippen LogP contribution in [0.25, 0.3) is 0 Å². The van der Waals surface area contributed by atoms with Crippen LogP contribution in [0.5, 0.6) is 5.75 Å². The Hall–Kier alpha value is -0.730. The molecule has 0 heterocycles. The second kappa shape index (κ2) is 5.99. The van der Waals surface area contributed by atoms with Crippen LogP contribution in [0, 0.1) is 0 Å². The predicted molar refractivity (Wildman–Crippen MR) is 64.8 cm³/mol. The average molecular weight is 228 g/mol. The zero-order valence-electron chi connectivity index (χ0n) is 9.53. The molecule has 1 rings (SSSR count). The highest BCUT2D eigenvalue weighted by atomic mass is 35.5. The summed E-state index contributed by atoms with van der Waals surface area (Å²) in [5, 5.41) is -0.0252. The summed E-state index contributed by atoms with van der Waals surface area (Å²) in [6.45, 7) is 3.46. The van der Waals surface area contributed by atoms with Crippen LogP contribution in [-0.4, -0.2) is 32.1 Å². The number of ether oxygens (including phenoxy) is 1. The molecule has 0 spiro atoms. The standard InChI is InChI=1S/C12H18ClNO/c1-4-15-12-8-6-5-7-10(12)11(13)9-14(2)3/h5-8,11H,4,9H2,1-3H3. The van der Waals surface area contributed by atoms with E-state index in [9.17, 15) is 0 Å². The van der Waals surface area contributed by atoms with E-state index in [1.54, 1.807) is 0 Å². The van der Waals surface area contributed by atoms with E-state index in [0.29, 0.717) is 6.61 Å². The maximum atomic E-state index is 6.32. The molecule has 0 saturated heterocycles. The van der Waals surface area contributed by atoms with Crippen LogP contribution in [0.2, 0.25) is 0 Å². The molecular formula is C12H18ClNO. The predicted octanol–water partition coefficient (Wildman–Crippen LogP) is 2.93. The molecule has 1 aromatic rings. The van der Waals surface area contributed by atoms with Gasteiger partial charge in [-0.25, -0.2) is 0 Å². The molecule has 0 aliphatic heterocycles. The van der Waals surface area contributed by atoms with Gasteiger partial charge in [0.05, 0.1) is 12.0 Å². The number of likely N-dealkylation sites (N-methyl/N-ethyl adjacent to an activating group) is 1. The second-order valence-electron chi connectivity index (χ2n) is 3.70. The van der Waals surface area contributed by atoms with E-state index in [4.69, 9.17) is 16.3 Å². The first-order valence-corrected chi connectivity index (χ1v) is 5.59. The normalized spacial score (nSPS) is 12.9. The molecule has 0 aliphatic rings. The zero-order valence-corrected chi connectivity index (χ0v) is 10.3. The molecule has 1 aromatic carbocycles. The maximum Gasteiger partial charge on any atom is 0.124 e. The number of rotatable bonds is 5. The summed E-state index contributed by atoms with van der Waals surface area (Å²) in [5.41, 5.74) is 1.06. The number of halogens is 1. The van der Waals surface area contributed by atoms with Crippen molar-refractivity contribution in [1.82, 2.24) is 4.90 Å². The third-order valence-electron chi connectivity index (χ3n) is 2.08. The van der Waals surface area contributed by atoms with Crippen LogP contribution < -0.4 is 4.74 Å². The van der Waals surface area contributed by atoms with Gasteiger partial charge in [-0.1, -0.05) is 18.2 Å². The van der Waals surface area contributed by atoms with E-state index in [-0.39, 0.29) is 5.38 Å². The van der Waals surface area contributed by atoms with Crippen LogP contribution in [0.1, 0.15) is 17.9 Å². The van der Waals surface area contributed by atoms with Crippen LogP contribution in [0.3, 0.4) is 0 Å². The van der Waals surface area contributed by atoms with E-state index in [1.165, 1.54) is 0 Å². The van der Waals surface area contributed by atoms with Crippen molar-refractivity contribution in [3.63, 3.8) is 0 Å². The van der Waals surface area contributed by atoms with Gasteiger partial charge in [0, 0.05) is 12.1 Å². The number of nitrogens with zero attached hydrogens (tertiary/aromatic N) is 1. The van der Waals surface area contributed by atoms with Gasteiger partial charge in [0.25, 0.3) is 0 Å². The van der Waals surface area contributed by atoms with Crippen molar-refractivity contribution in [2.75, 3.05) is 27.2 Å². The van der Waals surface area contributed by atoms with Gasteiger partial charge in [0.15, 0.2) is 0 Å². The zero-order chi connectivity index (χ0) is 11.3. The monoisotopic (exact) mass is 227 g/mol. The van der Waals surface area contributed by atoms with Gasteiger partial charge in [0.1, 0.15) is 5.75 Å². The molecule has 0 aromatic heterocycles. The minimum absolute atomic E-state index is 0.0252. The van der Waals surface area contributed by atoms with Gasteiger partial charge < -0.3 is 9.64 Å². The fourth-order valence-electron chi connectivity index (χ4n) is 1.45. The lowest BCUT2D eigenvalue weighted by molar-refractivity contribution is 0.332. The highest BCUT2D eigenvalue weighted by Gasteiger charge is 2.13. The van der Waals surface area contributed by atoms with Crippen molar-refractivity contribution in [2.24, 2.45) is 0 Å². The number of hydrogen-bond acceptors (Lipinski definition) is 2. The van der Waals surface area contributed by atoms with Crippen LogP contribution in [0.15, 0.2) is 24.3 Å². The highest BCUT2D eigenvalue weighted by molar-refractivity contribution is 6.21. The molecule has 0 saturated carbocycles. The lowest BCUT2D eigenvalue weighted by atomic mass is 10.1. The van der Waals surface area contributed by atoms with Crippen LogP contribution in [-0.2, 0) is 0 Å². The Balaban J connectivity index is 2.81. The molecule has 0 bridgehead atoms. The maximum absolute atomic E-state index is 6.32. The largest absolute Gasteiger partial charge is 0.494 e. The Bertz CT molecular complexity index is 301. The molecule has 0 N–H and O–H groups in total. The van der Waals surface area contributed by atoms with Crippen molar-refractivity contribution in [2.45, 2.75) is 12.3 Å². The number of benzene rings is 1. The molecule has 84 valence electrons. The molecule has 15 heavy (non-hydrogen) atoms. The Kier molecular flexibility index (Phi) is 4.92. The summed E-state index contributed by atoms with van der Waals surface area (Å²) in [5.74, 6) is 0.891. The fraction of sp³-hybridized carbons (Fsp3) is 0.500. The Morgan fingerprint density at radius 2 is 2.00 bits per heavy atom. The molecule has 3 heteroatoms. The summed E-state index contributed by atoms with van der Waals surface area (Å²) < 4.78 is 5.54. The van der Waals surface area contributed by atoms with Crippen molar-refractivity contribution in [3.05, 3.63) is 29.8 Å². The van der Waals surface area contributed by atoms with Gasteiger partial charge in [-0.2, -0.15) is 0 Å². The molecule has 0 aliphatic carbocycles. The Labute approximate surface area is 96.8 Å². The van der Waals surface area contributed by atoms with Gasteiger partial charge >= 0.3 is 0 Å². The second-order valence-corrected chi connectivity index (χ2v) is 4.23. The third kappa shape index (κ3) is 3.73. The van der Waals surface area contributed by atoms with Crippen LogP contribution in [0.4, 0.5) is 0 Å². The fourth-order valence-corrected chi connectivity index (χ4v) is 1.90. The molecule has 1 unspecified atom stereocenters. The first-order valence-electron chi connectivity index (χ1n) is 5.15. The molecule has 2 nitrogen and oxygen atoms in total. The topological polar surface area (TPSA) is 12.5 Å². The first kappa shape index (κ1) is 12.3. The minimum atomic E-state index is -0.0252. The molecule has 0 amide bonds. The van der Waals surface area contributed by atoms with E-state index < -0.39 is 0 Å². The SMILES string of the molecule is CCOc1ccccc1C(Cl)CN(C)C. The lowest BCUT2D eigenvalue weighted by Crippen LogP contribution is -2.17. The molecule has 1 atom stereocenters. The lowest BCUT2D eigenvalue weighted by Gasteiger charge is -2.18. The third-order valence-corrected chi connectivity index (χ3v) is 2.45. The van der Waals surface area contributed by atoms with Gasteiger partial charge in [-0.15, -0.1) is 11.6 Å². The van der Waals surface area contributed by atoms with Gasteiger partial charge in [-0.05, 0) is 27.1 Å². The number of hydrogen-bond donors (Lipinski definition) is 0. The van der Waals surface area contributed by atoms with E-state index in [1.807, 2.05) is 45.3 Å². The first-order chi connectivity index (χ1) is 7.15. The van der Waals surface area contributed by atoms with E-state index in [0.717, 1.165) is 17.9 Å². The number of alkyl halides is 1. The molecule has 0 radical (unpaired) electrons. The Morgan fingerprint density at radius 1 is 1.33 bits per heavy atom. The Morgan fingerprint density at radius 3 is 2.60 bits per heavy atom. The summed E-state index contributed by atoms with van der Waals surface area (Å²) in [6, 6.07) is 7.94. The summed E-state index contributed by atoms with van der Waals surface area (Å²) in [6.07, 6.45) is 0. The quantitative estimate of drug-likeness (QED) is 0.718. The van der Waals surface area contributed by atoms with Gasteiger partial charge in [0.2, 0.25) is 0 Å². The van der Waals surface area contributed by atoms with E-state index >= 15 is 0 Å². The van der Waals surface area contributed by atoms with Crippen molar-refractivity contribution in [3.8, 4) is 5.75 Å². The van der Waals surface area contributed by atoms with Crippen molar-refractivity contribution < 1.29 is 4.74 Å². The highest BCUT2D eigenvalue weighted by Crippen LogP contribution is 2.29. The van der Waals surface area contributed by atoms with E-state index in [2.05, 4.69) is 4.90 Å². The van der Waals surface area contributed by atoms with Crippen molar-refractivity contribution in [1.29, 1.82) is 0 Å². The smallest absolute Gasteiger partial charge is 0.124 e. The van der Waals surface area contributed by atoms with Gasteiger partial charge in [-0.3, -0.25) is 0 Å². The average Bonchev–Trinajstić information content (AvgIpc) is 2.18. The summed E-state index contributed by atoms with van der Waals surface area (Å²) >= 11 is 6.32. The molecular weight excluding hydrogens is 210 g/mol. The van der Waals surface area contributed by atoms with Crippen LogP contribution >= 0.6 is 11.6 Å². The number of para-hydroxylation sites is 1. The summed E-state index contributed by atoms with van der Waals surface area (Å²) in [7, 11) is 4.03.